The molecule has 27 heavy (non-hydrogen) atoms. The Kier molecular flexibility index (Phi) is 4.58. The van der Waals surface area contributed by atoms with Crippen LogP contribution in [0.2, 0.25) is 10.2 Å². The Morgan fingerprint density at radius 1 is 1.22 bits per heavy atom. The van der Waals surface area contributed by atoms with Crippen LogP contribution >= 0.6 is 23.2 Å². The molecule has 2 aromatic heterocycles. The number of rotatable bonds is 3. The van der Waals surface area contributed by atoms with Crippen LogP contribution in [-0.2, 0) is 0 Å². The van der Waals surface area contributed by atoms with Gasteiger partial charge >= 0.3 is 5.69 Å². The lowest BCUT2D eigenvalue weighted by atomic mass is 10.1. The van der Waals surface area contributed by atoms with Crippen LogP contribution in [0.5, 0.6) is 11.5 Å². The van der Waals surface area contributed by atoms with Gasteiger partial charge in [-0.15, -0.1) is 0 Å². The third-order valence-electron chi connectivity index (χ3n) is 4.03. The van der Waals surface area contributed by atoms with Gasteiger partial charge in [0.2, 0.25) is 11.4 Å². The number of aromatic hydroxyl groups is 2. The summed E-state index contributed by atoms with van der Waals surface area (Å²) in [4.78, 5) is 10.2. The summed E-state index contributed by atoms with van der Waals surface area (Å²) in [6.45, 7) is 3.16. The predicted octanol–water partition coefficient (Wildman–Crippen LogP) is 3.89. The number of phenolic OH excluding ortho intramolecular Hbond substituents is 2. The Bertz CT molecular complexity index is 1070. The summed E-state index contributed by atoms with van der Waals surface area (Å²) in [5.41, 5.74) is 0.482. The van der Waals surface area contributed by atoms with Crippen molar-refractivity contribution in [3.05, 3.63) is 55.0 Å². The van der Waals surface area contributed by atoms with E-state index in [2.05, 4.69) is 5.16 Å². The molecule has 0 atom stereocenters. The summed E-state index contributed by atoms with van der Waals surface area (Å²) in [6, 6.07) is 3.50. The number of hydrogen-bond acceptors (Lipinski definition) is 7. The zero-order valence-corrected chi connectivity index (χ0v) is 15.4. The van der Waals surface area contributed by atoms with E-state index in [4.69, 9.17) is 27.7 Å². The molecule has 0 saturated heterocycles. The summed E-state index contributed by atoms with van der Waals surface area (Å²) < 4.78 is 5.68. The lowest BCUT2D eigenvalue weighted by Crippen LogP contribution is -2.33. The topological polar surface area (TPSA) is 137 Å². The van der Waals surface area contributed by atoms with Crippen LogP contribution in [0.1, 0.15) is 11.3 Å². The van der Waals surface area contributed by atoms with Crippen LogP contribution in [0.4, 0.5) is 5.69 Å². The largest absolute Gasteiger partial charge is 0.617 e. The average Bonchev–Trinajstić information content (AvgIpc) is 3.10. The van der Waals surface area contributed by atoms with E-state index in [1.807, 2.05) is 0 Å². The molecule has 0 saturated carbocycles. The van der Waals surface area contributed by atoms with Crippen molar-refractivity contribution in [3.8, 4) is 34.1 Å². The second-order valence-corrected chi connectivity index (χ2v) is 6.42. The fourth-order valence-corrected chi connectivity index (χ4v) is 3.11. The zero-order chi connectivity index (χ0) is 20.0. The third-order valence-corrected chi connectivity index (χ3v) is 4.93. The molecule has 0 amide bonds. The van der Waals surface area contributed by atoms with E-state index < -0.39 is 22.1 Å². The van der Waals surface area contributed by atoms with Crippen molar-refractivity contribution in [3.63, 3.8) is 0 Å². The number of nitrogens with zero attached hydrogens (tertiary/aromatic N) is 3. The van der Waals surface area contributed by atoms with Gasteiger partial charge in [0, 0.05) is 24.6 Å². The summed E-state index contributed by atoms with van der Waals surface area (Å²) in [5.74, 6) is -1.44. The maximum Gasteiger partial charge on any atom is 0.315 e. The van der Waals surface area contributed by atoms with Crippen LogP contribution in [0.3, 0.4) is 0 Å². The Balaban J connectivity index is 2.17. The molecule has 1 aromatic carbocycles. The summed E-state index contributed by atoms with van der Waals surface area (Å²) in [5, 5.41) is 46.2. The van der Waals surface area contributed by atoms with E-state index in [0.717, 1.165) is 12.1 Å². The van der Waals surface area contributed by atoms with Gasteiger partial charge in [-0.3, -0.25) is 10.1 Å². The van der Waals surface area contributed by atoms with Crippen LogP contribution in [0, 0.1) is 29.2 Å². The van der Waals surface area contributed by atoms with Gasteiger partial charge in [-0.25, -0.2) is 0 Å². The van der Waals surface area contributed by atoms with Gasteiger partial charge in [-0.2, -0.15) is 4.73 Å². The van der Waals surface area contributed by atoms with Crippen molar-refractivity contribution in [2.45, 2.75) is 13.8 Å². The molecule has 11 heteroatoms. The van der Waals surface area contributed by atoms with Crippen LogP contribution in [0.15, 0.2) is 22.7 Å². The van der Waals surface area contributed by atoms with Crippen molar-refractivity contribution >= 4 is 28.9 Å². The van der Waals surface area contributed by atoms with E-state index >= 15 is 0 Å². The first-order chi connectivity index (χ1) is 12.6. The van der Waals surface area contributed by atoms with Gasteiger partial charge in [-0.05, 0) is 30.2 Å². The fourth-order valence-electron chi connectivity index (χ4n) is 2.58. The maximum absolute atomic E-state index is 12.1. The molecule has 140 valence electrons. The van der Waals surface area contributed by atoms with Crippen LogP contribution in [-0.4, -0.2) is 20.3 Å². The smallest absolute Gasteiger partial charge is 0.315 e. The van der Waals surface area contributed by atoms with Gasteiger partial charge in [0.25, 0.3) is 5.15 Å². The molecular formula is C16H11Cl2N3O6. The highest BCUT2D eigenvalue weighted by Crippen LogP contribution is 2.41. The van der Waals surface area contributed by atoms with E-state index in [9.17, 15) is 25.5 Å². The standard InChI is InChI=1S/C16H11Cl2N3O6/c1-6-13(16(18)20(24)7(2)14(6)17)12-5-9(19-27-12)8-3-10(21(25)26)15(23)11(22)4-8/h3-5,22-23H,1-2H3. The molecule has 3 aromatic rings. The minimum atomic E-state index is -0.857. The molecule has 0 unspecified atom stereocenters. The molecule has 0 aliphatic rings. The lowest BCUT2D eigenvalue weighted by molar-refractivity contribution is -0.609. The van der Waals surface area contributed by atoms with E-state index in [0.29, 0.717) is 10.3 Å². The Morgan fingerprint density at radius 2 is 1.89 bits per heavy atom. The zero-order valence-electron chi connectivity index (χ0n) is 13.9. The molecule has 0 radical (unpaired) electrons. The average molecular weight is 412 g/mol. The molecule has 2 heterocycles. The minimum Gasteiger partial charge on any atom is -0.617 e. The maximum atomic E-state index is 12.1. The Morgan fingerprint density at radius 3 is 2.52 bits per heavy atom. The fraction of sp³-hybridized carbons (Fsp3) is 0.125. The van der Waals surface area contributed by atoms with Gasteiger partial charge in [0.05, 0.1) is 4.92 Å². The van der Waals surface area contributed by atoms with Gasteiger partial charge in [0.15, 0.2) is 11.5 Å². The lowest BCUT2D eigenvalue weighted by Gasteiger charge is -2.10. The summed E-state index contributed by atoms with van der Waals surface area (Å²) in [7, 11) is 0. The van der Waals surface area contributed by atoms with E-state index in [-0.39, 0.29) is 38.5 Å². The van der Waals surface area contributed by atoms with Gasteiger partial charge in [0.1, 0.15) is 16.3 Å². The van der Waals surface area contributed by atoms with Gasteiger partial charge in [-0.1, -0.05) is 16.8 Å². The summed E-state index contributed by atoms with van der Waals surface area (Å²) >= 11 is 12.3. The number of aromatic nitrogens is 2. The molecule has 0 aliphatic heterocycles. The third kappa shape index (κ3) is 3.00. The molecule has 0 bridgehead atoms. The predicted molar refractivity (Wildman–Crippen MR) is 95.8 cm³/mol. The quantitative estimate of drug-likeness (QED) is 0.166. The number of nitro groups is 1. The molecule has 2 N–H and O–H groups in total. The van der Waals surface area contributed by atoms with Crippen LogP contribution < -0.4 is 4.73 Å². The number of hydrogen-bond donors (Lipinski definition) is 2. The van der Waals surface area contributed by atoms with Crippen molar-refractivity contribution in [1.82, 2.24) is 5.16 Å². The number of pyridine rings is 1. The molecule has 0 fully saturated rings. The number of benzene rings is 1. The monoisotopic (exact) mass is 411 g/mol. The molecular weight excluding hydrogens is 401 g/mol. The number of nitro benzene ring substituents is 1. The number of phenols is 2. The molecule has 9 nitrogen and oxygen atoms in total. The Hall–Kier alpha value is -3.04. The first-order valence-corrected chi connectivity index (χ1v) is 8.14. The summed E-state index contributed by atoms with van der Waals surface area (Å²) in [6.07, 6.45) is 0. The highest BCUT2D eigenvalue weighted by molar-refractivity contribution is 6.34. The SMILES string of the molecule is Cc1c(Cl)c(C)[n+]([O-])c(Cl)c1-c1cc(-c2cc(O)c(O)c([N+](=O)[O-])c2)no1. The molecule has 3 rings (SSSR count). The molecule has 0 aliphatic carbocycles. The van der Waals surface area contributed by atoms with Crippen LogP contribution in [0.25, 0.3) is 22.6 Å². The second-order valence-electron chi connectivity index (χ2n) is 5.68. The Labute approximate surface area is 161 Å². The number of halogens is 2. The van der Waals surface area contributed by atoms with E-state index in [1.165, 1.54) is 13.0 Å². The van der Waals surface area contributed by atoms with Gasteiger partial charge < -0.3 is 19.9 Å². The normalized spacial score (nSPS) is 11.0. The van der Waals surface area contributed by atoms with Crippen molar-refractivity contribution < 1.29 is 24.4 Å². The second kappa shape index (κ2) is 6.60. The van der Waals surface area contributed by atoms with Crippen molar-refractivity contribution in [2.24, 2.45) is 0 Å². The minimum absolute atomic E-state index is 0.106. The highest BCUT2D eigenvalue weighted by Gasteiger charge is 2.26. The highest BCUT2D eigenvalue weighted by atomic mass is 35.5. The van der Waals surface area contributed by atoms with Crippen molar-refractivity contribution in [1.29, 1.82) is 0 Å². The first kappa shape index (κ1) is 18.7. The first-order valence-electron chi connectivity index (χ1n) is 7.39. The van der Waals surface area contributed by atoms with E-state index in [1.54, 1.807) is 6.92 Å². The van der Waals surface area contributed by atoms with Crippen molar-refractivity contribution in [2.75, 3.05) is 0 Å². The molecule has 0 spiro atoms.